The fraction of sp³-hybridized carbons (Fsp3) is 0.292. The Morgan fingerprint density at radius 1 is 0.970 bits per heavy atom. The summed E-state index contributed by atoms with van der Waals surface area (Å²) in [7, 11) is 0. The van der Waals surface area contributed by atoms with Crippen molar-refractivity contribution in [3.63, 3.8) is 0 Å². The minimum atomic E-state index is -0.718. The molecule has 33 heavy (non-hydrogen) atoms. The molecule has 0 radical (unpaired) electrons. The third-order valence-corrected chi connectivity index (χ3v) is 5.45. The molecule has 4 rings (SSSR count). The van der Waals surface area contributed by atoms with Gasteiger partial charge in [-0.25, -0.2) is 0 Å². The first-order chi connectivity index (χ1) is 16.1. The number of aliphatic hydroxyl groups excluding tert-OH is 1. The maximum absolute atomic E-state index is 12.8. The second-order valence-corrected chi connectivity index (χ2v) is 7.60. The van der Waals surface area contributed by atoms with Crippen LogP contribution in [0.5, 0.6) is 5.75 Å². The van der Waals surface area contributed by atoms with Crippen LogP contribution in [-0.2, 0) is 16.1 Å². The van der Waals surface area contributed by atoms with Crippen molar-refractivity contribution in [3.8, 4) is 5.75 Å². The van der Waals surface area contributed by atoms with E-state index in [2.05, 4.69) is 5.32 Å². The van der Waals surface area contributed by atoms with Crippen LogP contribution in [0.3, 0.4) is 0 Å². The normalized spacial score (nSPS) is 13.7. The van der Waals surface area contributed by atoms with E-state index in [1.54, 1.807) is 41.3 Å². The zero-order chi connectivity index (χ0) is 23.2. The number of fused-ring (bicyclic) bond motifs is 1. The molecule has 1 aliphatic rings. The number of aliphatic hydroxyl groups is 1. The van der Waals surface area contributed by atoms with E-state index in [-0.39, 0.29) is 44.5 Å². The highest BCUT2D eigenvalue weighted by atomic mass is 16.5. The van der Waals surface area contributed by atoms with Crippen molar-refractivity contribution in [2.45, 2.75) is 6.54 Å². The van der Waals surface area contributed by atoms with Crippen LogP contribution in [0.15, 0.2) is 59.0 Å². The van der Waals surface area contributed by atoms with E-state index in [9.17, 15) is 14.4 Å². The largest absolute Gasteiger partial charge is 0.491 e. The van der Waals surface area contributed by atoms with Gasteiger partial charge >= 0.3 is 11.8 Å². The van der Waals surface area contributed by atoms with Gasteiger partial charge in [0.15, 0.2) is 5.76 Å². The summed E-state index contributed by atoms with van der Waals surface area (Å²) in [5.74, 6) is -0.793. The maximum Gasteiger partial charge on any atom is 0.312 e. The SMILES string of the molecule is O=C(NCc1ccccc1OCCO)C(=O)N1CCN(C(=O)c2cc3ccccc3o2)CC1. The molecule has 9 nitrogen and oxygen atoms in total. The number of benzene rings is 2. The number of amides is 3. The lowest BCUT2D eigenvalue weighted by molar-refractivity contribution is -0.146. The van der Waals surface area contributed by atoms with E-state index in [1.807, 2.05) is 18.2 Å². The smallest absolute Gasteiger partial charge is 0.312 e. The Bertz CT molecular complexity index is 1120. The van der Waals surface area contributed by atoms with Crippen molar-refractivity contribution >= 4 is 28.7 Å². The molecule has 1 aliphatic heterocycles. The lowest BCUT2D eigenvalue weighted by Crippen LogP contribution is -2.53. The Labute approximate surface area is 190 Å². The summed E-state index contributed by atoms with van der Waals surface area (Å²) in [4.78, 5) is 40.8. The van der Waals surface area contributed by atoms with Crippen LogP contribution in [-0.4, -0.2) is 72.0 Å². The number of carbonyl (C=O) groups is 3. The monoisotopic (exact) mass is 451 g/mol. The zero-order valence-electron chi connectivity index (χ0n) is 18.0. The second kappa shape index (κ2) is 10.2. The Morgan fingerprint density at radius 3 is 2.42 bits per heavy atom. The fourth-order valence-electron chi connectivity index (χ4n) is 3.70. The minimum Gasteiger partial charge on any atom is -0.491 e. The van der Waals surface area contributed by atoms with Gasteiger partial charge in [0.05, 0.1) is 6.61 Å². The molecule has 9 heteroatoms. The van der Waals surface area contributed by atoms with Gasteiger partial charge in [0.1, 0.15) is 17.9 Å². The van der Waals surface area contributed by atoms with Gasteiger partial charge in [-0.1, -0.05) is 36.4 Å². The Morgan fingerprint density at radius 2 is 1.67 bits per heavy atom. The molecule has 0 atom stereocenters. The summed E-state index contributed by atoms with van der Waals surface area (Å²) in [6.45, 7) is 1.28. The number of rotatable bonds is 6. The quantitative estimate of drug-likeness (QED) is 0.548. The number of para-hydroxylation sites is 2. The van der Waals surface area contributed by atoms with E-state index < -0.39 is 11.8 Å². The Kier molecular flexibility index (Phi) is 6.89. The standard InChI is InChI=1S/C24H25N3O6/c28-13-14-32-19-7-3-2-6-18(19)16-25-22(29)24(31)27-11-9-26(10-12-27)23(30)21-15-17-5-1-4-8-20(17)33-21/h1-8,15,28H,9-14,16H2,(H,25,29). The van der Waals surface area contributed by atoms with Gasteiger partial charge in [-0.15, -0.1) is 0 Å². The van der Waals surface area contributed by atoms with Gasteiger partial charge in [-0.05, 0) is 18.2 Å². The van der Waals surface area contributed by atoms with E-state index in [4.69, 9.17) is 14.3 Å². The van der Waals surface area contributed by atoms with E-state index in [0.717, 1.165) is 5.39 Å². The summed E-state index contributed by atoms with van der Waals surface area (Å²) < 4.78 is 11.1. The number of furan rings is 1. The molecular formula is C24H25N3O6. The highest BCUT2D eigenvalue weighted by Crippen LogP contribution is 2.21. The van der Waals surface area contributed by atoms with Crippen molar-refractivity contribution < 1.29 is 28.6 Å². The number of nitrogens with zero attached hydrogens (tertiary/aromatic N) is 2. The summed E-state index contributed by atoms with van der Waals surface area (Å²) in [6, 6.07) is 16.2. The highest BCUT2D eigenvalue weighted by molar-refractivity contribution is 6.35. The van der Waals surface area contributed by atoms with Crippen LogP contribution in [0.25, 0.3) is 11.0 Å². The van der Waals surface area contributed by atoms with Gasteiger partial charge < -0.3 is 29.4 Å². The molecule has 0 saturated carbocycles. The molecule has 1 saturated heterocycles. The number of hydrogen-bond donors (Lipinski definition) is 2. The summed E-state index contributed by atoms with van der Waals surface area (Å²) >= 11 is 0. The molecule has 1 aromatic heterocycles. The predicted octanol–water partition coefficient (Wildman–Crippen LogP) is 1.40. The van der Waals surface area contributed by atoms with Crippen LogP contribution >= 0.6 is 0 Å². The zero-order valence-corrected chi connectivity index (χ0v) is 18.0. The number of carbonyl (C=O) groups excluding carboxylic acids is 3. The molecular weight excluding hydrogens is 426 g/mol. The van der Waals surface area contributed by atoms with Gasteiger partial charge in [0.25, 0.3) is 5.91 Å². The molecule has 3 aromatic rings. The number of nitrogens with one attached hydrogen (secondary N) is 1. The molecule has 0 bridgehead atoms. The summed E-state index contributed by atoms with van der Waals surface area (Å²) in [5.41, 5.74) is 1.35. The molecule has 3 amide bonds. The van der Waals surface area contributed by atoms with Crippen LogP contribution in [0.2, 0.25) is 0 Å². The second-order valence-electron chi connectivity index (χ2n) is 7.60. The average Bonchev–Trinajstić information content (AvgIpc) is 3.30. The first-order valence-electron chi connectivity index (χ1n) is 10.7. The Hall–Kier alpha value is -3.85. The van der Waals surface area contributed by atoms with Gasteiger partial charge in [0, 0.05) is 43.7 Å². The first-order valence-corrected chi connectivity index (χ1v) is 10.7. The van der Waals surface area contributed by atoms with Gasteiger partial charge in [0.2, 0.25) is 0 Å². The number of hydrogen-bond acceptors (Lipinski definition) is 6. The minimum absolute atomic E-state index is 0.121. The van der Waals surface area contributed by atoms with Crippen molar-refractivity contribution in [2.75, 3.05) is 39.4 Å². The van der Waals surface area contributed by atoms with E-state index in [0.29, 0.717) is 30.0 Å². The average molecular weight is 451 g/mol. The van der Waals surface area contributed by atoms with Crippen LogP contribution in [0.1, 0.15) is 16.1 Å². The lowest BCUT2D eigenvalue weighted by Gasteiger charge is -2.33. The molecule has 172 valence electrons. The lowest BCUT2D eigenvalue weighted by atomic mass is 10.2. The number of piperazine rings is 1. The molecule has 0 aliphatic carbocycles. The molecule has 0 unspecified atom stereocenters. The fourth-order valence-corrected chi connectivity index (χ4v) is 3.70. The van der Waals surface area contributed by atoms with Crippen molar-refractivity contribution in [1.29, 1.82) is 0 Å². The topological polar surface area (TPSA) is 112 Å². The van der Waals surface area contributed by atoms with Crippen LogP contribution < -0.4 is 10.1 Å². The summed E-state index contributed by atoms with van der Waals surface area (Å²) in [5, 5.41) is 12.4. The van der Waals surface area contributed by atoms with Gasteiger partial charge in [-0.2, -0.15) is 0 Å². The highest BCUT2D eigenvalue weighted by Gasteiger charge is 2.29. The van der Waals surface area contributed by atoms with Crippen LogP contribution in [0.4, 0.5) is 0 Å². The van der Waals surface area contributed by atoms with Crippen molar-refractivity contribution in [2.24, 2.45) is 0 Å². The Balaban J connectivity index is 1.29. The van der Waals surface area contributed by atoms with E-state index in [1.165, 1.54) is 4.90 Å². The van der Waals surface area contributed by atoms with Crippen LogP contribution in [0, 0.1) is 0 Å². The molecule has 2 heterocycles. The molecule has 1 fully saturated rings. The van der Waals surface area contributed by atoms with E-state index >= 15 is 0 Å². The third kappa shape index (κ3) is 5.15. The third-order valence-electron chi connectivity index (χ3n) is 5.45. The van der Waals surface area contributed by atoms with Gasteiger partial charge in [-0.3, -0.25) is 14.4 Å². The molecule has 2 aromatic carbocycles. The summed E-state index contributed by atoms with van der Waals surface area (Å²) in [6.07, 6.45) is 0. The first kappa shape index (κ1) is 22.3. The molecule has 0 spiro atoms. The van der Waals surface area contributed by atoms with Crippen molar-refractivity contribution in [1.82, 2.24) is 15.1 Å². The van der Waals surface area contributed by atoms with Crippen molar-refractivity contribution in [3.05, 3.63) is 65.9 Å². The molecule has 2 N–H and O–H groups in total. The number of ether oxygens (including phenoxy) is 1. The predicted molar refractivity (Wildman–Crippen MR) is 120 cm³/mol. The maximum atomic E-state index is 12.8.